The van der Waals surface area contributed by atoms with Gasteiger partial charge in [-0.1, -0.05) is 56.7 Å². The van der Waals surface area contributed by atoms with Gasteiger partial charge in [0.15, 0.2) is 9.84 Å². The van der Waals surface area contributed by atoms with Crippen LogP contribution < -0.4 is 5.32 Å². The van der Waals surface area contributed by atoms with Crippen molar-refractivity contribution in [2.24, 2.45) is 0 Å². The first kappa shape index (κ1) is 19.2. The molecule has 0 aromatic heterocycles. The third-order valence-electron chi connectivity index (χ3n) is 4.08. The Bertz CT molecular complexity index is 811. The van der Waals surface area contributed by atoms with Crippen LogP contribution >= 0.6 is 0 Å². The van der Waals surface area contributed by atoms with Crippen LogP contribution in [0.4, 0.5) is 5.69 Å². The van der Waals surface area contributed by atoms with Crippen LogP contribution in [-0.4, -0.2) is 20.1 Å². The molecular weight excluding hydrogens is 334 g/mol. The molecule has 0 aliphatic carbocycles. The van der Waals surface area contributed by atoms with Crippen molar-refractivity contribution in [1.29, 1.82) is 0 Å². The number of carbonyl (C=O) groups excluding carboxylic acids is 1. The number of hydrogen-bond donors (Lipinski definition) is 1. The summed E-state index contributed by atoms with van der Waals surface area (Å²) in [6, 6.07) is 14.5. The first-order valence-corrected chi connectivity index (χ1v) is 10.3. The minimum absolute atomic E-state index is 0.000887. The van der Waals surface area contributed by atoms with Gasteiger partial charge in [0.05, 0.1) is 22.8 Å². The number of nitrogens with one attached hydrogen (secondary N) is 1. The number of hydrogen-bond acceptors (Lipinski definition) is 3. The number of aryl methyl sites for hydroxylation is 1. The Kier molecular flexibility index (Phi) is 6.76. The fourth-order valence-electron chi connectivity index (χ4n) is 2.58. The molecule has 134 valence electrons. The van der Waals surface area contributed by atoms with E-state index in [4.69, 9.17) is 0 Å². The van der Waals surface area contributed by atoms with Crippen molar-refractivity contribution in [1.82, 2.24) is 0 Å². The van der Waals surface area contributed by atoms with Crippen LogP contribution in [0.2, 0.25) is 0 Å². The summed E-state index contributed by atoms with van der Waals surface area (Å²) in [5.41, 5.74) is 2.52. The van der Waals surface area contributed by atoms with Gasteiger partial charge in [-0.3, -0.25) is 4.79 Å². The highest BCUT2D eigenvalue weighted by Crippen LogP contribution is 2.22. The van der Waals surface area contributed by atoms with E-state index in [0.717, 1.165) is 24.8 Å². The van der Waals surface area contributed by atoms with Gasteiger partial charge in [-0.05, 0) is 36.1 Å². The quantitative estimate of drug-likeness (QED) is 0.775. The average Bonchev–Trinajstić information content (AvgIpc) is 2.61. The molecule has 1 N–H and O–H groups in total. The van der Waals surface area contributed by atoms with Crippen molar-refractivity contribution in [3.05, 3.63) is 59.7 Å². The lowest BCUT2D eigenvalue weighted by Crippen LogP contribution is -2.17. The second kappa shape index (κ2) is 8.81. The molecule has 0 aliphatic rings. The van der Waals surface area contributed by atoms with E-state index in [1.807, 2.05) is 24.3 Å². The van der Waals surface area contributed by atoms with Crippen LogP contribution in [0.25, 0.3) is 0 Å². The maximum Gasteiger partial charge on any atom is 0.228 e. The lowest BCUT2D eigenvalue weighted by atomic mass is 10.0. The molecule has 4 nitrogen and oxygen atoms in total. The number of para-hydroxylation sites is 1. The van der Waals surface area contributed by atoms with E-state index in [0.29, 0.717) is 5.69 Å². The number of unbranched alkanes of at least 4 members (excludes halogenated alkanes) is 1. The van der Waals surface area contributed by atoms with Crippen molar-refractivity contribution in [2.75, 3.05) is 11.1 Å². The molecule has 0 saturated carbocycles. The smallest absolute Gasteiger partial charge is 0.228 e. The molecule has 0 unspecified atom stereocenters. The highest BCUT2D eigenvalue weighted by Gasteiger charge is 2.17. The van der Waals surface area contributed by atoms with E-state index >= 15 is 0 Å². The molecule has 0 heterocycles. The van der Waals surface area contributed by atoms with Crippen molar-refractivity contribution in [3.8, 4) is 0 Å². The number of sulfone groups is 1. The van der Waals surface area contributed by atoms with Crippen LogP contribution in [0, 0.1) is 0 Å². The normalized spacial score (nSPS) is 11.3. The standard InChI is InChI=1S/C20H25NO3S/c1-3-5-8-16-11-13-17(14-12-16)15-20(22)21-18-9-6-7-10-19(18)25(23,24)4-2/h6-7,9-14H,3-5,8,15H2,1-2H3,(H,21,22). The van der Waals surface area contributed by atoms with Crippen LogP contribution in [0.1, 0.15) is 37.8 Å². The summed E-state index contributed by atoms with van der Waals surface area (Å²) in [7, 11) is -3.38. The SMILES string of the molecule is CCCCc1ccc(CC(=O)Nc2ccccc2S(=O)(=O)CC)cc1. The number of anilines is 1. The van der Waals surface area contributed by atoms with Crippen molar-refractivity contribution < 1.29 is 13.2 Å². The van der Waals surface area contributed by atoms with Crippen LogP contribution in [-0.2, 0) is 27.5 Å². The van der Waals surface area contributed by atoms with Crippen molar-refractivity contribution >= 4 is 21.4 Å². The molecule has 1 amide bonds. The number of rotatable bonds is 8. The lowest BCUT2D eigenvalue weighted by molar-refractivity contribution is -0.115. The molecule has 0 bridgehead atoms. The Balaban J connectivity index is 2.06. The van der Waals surface area contributed by atoms with Crippen LogP contribution in [0.3, 0.4) is 0 Å². The highest BCUT2D eigenvalue weighted by molar-refractivity contribution is 7.91. The van der Waals surface area contributed by atoms with Crippen molar-refractivity contribution in [3.63, 3.8) is 0 Å². The summed E-state index contributed by atoms with van der Waals surface area (Å²) in [5.74, 6) is -0.223. The van der Waals surface area contributed by atoms with Crippen molar-refractivity contribution in [2.45, 2.75) is 44.4 Å². The maximum atomic E-state index is 12.3. The molecule has 0 spiro atoms. The topological polar surface area (TPSA) is 63.2 Å². The second-order valence-electron chi connectivity index (χ2n) is 6.04. The maximum absolute atomic E-state index is 12.3. The molecule has 2 aromatic carbocycles. The molecule has 0 radical (unpaired) electrons. The highest BCUT2D eigenvalue weighted by atomic mass is 32.2. The predicted octanol–water partition coefficient (Wildman–Crippen LogP) is 4.00. The zero-order chi connectivity index (χ0) is 18.3. The Morgan fingerprint density at radius 3 is 2.24 bits per heavy atom. The molecule has 0 fully saturated rings. The molecule has 0 saturated heterocycles. The van der Waals surface area contributed by atoms with Gasteiger partial charge in [-0.15, -0.1) is 0 Å². The van der Waals surface area contributed by atoms with E-state index in [1.54, 1.807) is 25.1 Å². The summed E-state index contributed by atoms with van der Waals surface area (Å²) in [5, 5.41) is 2.73. The van der Waals surface area contributed by atoms with E-state index in [2.05, 4.69) is 12.2 Å². The second-order valence-corrected chi connectivity index (χ2v) is 8.29. The molecule has 5 heteroatoms. The van der Waals surface area contributed by atoms with E-state index in [-0.39, 0.29) is 23.0 Å². The fraction of sp³-hybridized carbons (Fsp3) is 0.350. The zero-order valence-electron chi connectivity index (χ0n) is 14.8. The van der Waals surface area contributed by atoms with Gasteiger partial charge in [-0.2, -0.15) is 0 Å². The van der Waals surface area contributed by atoms with Gasteiger partial charge in [0.1, 0.15) is 0 Å². The fourth-order valence-corrected chi connectivity index (χ4v) is 3.63. The van der Waals surface area contributed by atoms with Gasteiger partial charge < -0.3 is 5.32 Å². The third-order valence-corrected chi connectivity index (χ3v) is 5.87. The first-order chi connectivity index (χ1) is 12.0. The Morgan fingerprint density at radius 2 is 1.60 bits per heavy atom. The minimum atomic E-state index is -3.38. The Hall–Kier alpha value is -2.14. The molecule has 0 aliphatic heterocycles. The molecule has 0 atom stereocenters. The monoisotopic (exact) mass is 359 g/mol. The summed E-state index contributed by atoms with van der Waals surface area (Å²) in [6.07, 6.45) is 3.58. The zero-order valence-corrected chi connectivity index (χ0v) is 15.6. The largest absolute Gasteiger partial charge is 0.325 e. The minimum Gasteiger partial charge on any atom is -0.325 e. The van der Waals surface area contributed by atoms with Gasteiger partial charge in [0.2, 0.25) is 5.91 Å². The predicted molar refractivity (Wildman–Crippen MR) is 102 cm³/mol. The van der Waals surface area contributed by atoms with Crippen LogP contribution in [0.5, 0.6) is 0 Å². The molecule has 2 aromatic rings. The first-order valence-electron chi connectivity index (χ1n) is 8.65. The summed E-state index contributed by atoms with van der Waals surface area (Å²) < 4.78 is 24.3. The van der Waals surface area contributed by atoms with Gasteiger partial charge >= 0.3 is 0 Å². The van der Waals surface area contributed by atoms with E-state index in [1.165, 1.54) is 11.6 Å². The van der Waals surface area contributed by atoms with Crippen LogP contribution in [0.15, 0.2) is 53.4 Å². The molecule has 25 heavy (non-hydrogen) atoms. The Morgan fingerprint density at radius 1 is 0.960 bits per heavy atom. The molecular formula is C20H25NO3S. The molecule has 2 rings (SSSR count). The number of amides is 1. The summed E-state index contributed by atoms with van der Waals surface area (Å²) >= 11 is 0. The van der Waals surface area contributed by atoms with Gasteiger partial charge in [0, 0.05) is 0 Å². The number of benzene rings is 2. The van der Waals surface area contributed by atoms with Gasteiger partial charge in [0.25, 0.3) is 0 Å². The number of carbonyl (C=O) groups is 1. The average molecular weight is 359 g/mol. The third kappa shape index (κ3) is 5.43. The summed E-state index contributed by atoms with van der Waals surface area (Å²) in [6.45, 7) is 3.75. The van der Waals surface area contributed by atoms with Gasteiger partial charge in [-0.25, -0.2) is 8.42 Å². The van der Waals surface area contributed by atoms with E-state index < -0.39 is 9.84 Å². The lowest BCUT2D eigenvalue weighted by Gasteiger charge is -2.11. The summed E-state index contributed by atoms with van der Waals surface area (Å²) in [4.78, 5) is 12.5. The van der Waals surface area contributed by atoms with E-state index in [9.17, 15) is 13.2 Å². The Labute approximate surface area is 150 Å².